The van der Waals surface area contributed by atoms with Crippen molar-refractivity contribution in [3.05, 3.63) is 28.8 Å². The minimum Gasteiger partial charge on any atom is -0.465 e. The first kappa shape index (κ1) is 18.9. The first-order chi connectivity index (χ1) is 12.3. The van der Waals surface area contributed by atoms with Gasteiger partial charge in [0, 0.05) is 25.6 Å². The molecule has 1 saturated carbocycles. The average molecular weight is 360 g/mol. The third-order valence-corrected chi connectivity index (χ3v) is 4.69. The van der Waals surface area contributed by atoms with Gasteiger partial charge < -0.3 is 18.8 Å². The van der Waals surface area contributed by atoms with Gasteiger partial charge in [0.2, 0.25) is 0 Å². The molecule has 0 amide bonds. The van der Waals surface area contributed by atoms with Gasteiger partial charge in [-0.2, -0.15) is 0 Å². The van der Waals surface area contributed by atoms with Gasteiger partial charge >= 0.3 is 19.1 Å². The summed E-state index contributed by atoms with van der Waals surface area (Å²) in [5, 5.41) is 0. The van der Waals surface area contributed by atoms with Crippen LogP contribution in [0.1, 0.15) is 61.0 Å². The van der Waals surface area contributed by atoms with E-state index >= 15 is 0 Å². The van der Waals surface area contributed by atoms with Gasteiger partial charge in [-0.05, 0) is 41.4 Å². The van der Waals surface area contributed by atoms with Crippen LogP contribution >= 0.6 is 0 Å². The van der Waals surface area contributed by atoms with Crippen molar-refractivity contribution in [2.75, 3.05) is 20.3 Å². The van der Waals surface area contributed by atoms with E-state index in [0.29, 0.717) is 18.8 Å². The van der Waals surface area contributed by atoms with Gasteiger partial charge in [-0.25, -0.2) is 4.79 Å². The van der Waals surface area contributed by atoms with Crippen molar-refractivity contribution in [3.8, 4) is 0 Å². The fourth-order valence-electron chi connectivity index (χ4n) is 3.22. The second-order valence-corrected chi connectivity index (χ2v) is 7.76. The van der Waals surface area contributed by atoms with E-state index in [-0.39, 0.29) is 29.9 Å². The van der Waals surface area contributed by atoms with E-state index in [1.165, 1.54) is 14.0 Å². The number of hydrogen-bond acceptors (Lipinski definition) is 6. The quantitative estimate of drug-likeness (QED) is 0.592. The Bertz CT molecular complexity index is 700. The highest BCUT2D eigenvalue weighted by atomic mass is 16.6. The van der Waals surface area contributed by atoms with Crippen molar-refractivity contribution in [3.63, 3.8) is 0 Å². The molecule has 1 heterocycles. The lowest BCUT2D eigenvalue weighted by Gasteiger charge is -2.34. The summed E-state index contributed by atoms with van der Waals surface area (Å²) in [6.45, 7) is 6.76. The standard InChI is InChI=1S/C19H25BO6/c1-12(21)24-9-14-7-8-15(18(22)23-4)16(13-5-6-13)17(14)20-25-10-19(2,3)11-26-20/h7-8,13H,5-6,9-11H2,1-4H3. The Balaban J connectivity index is 2.04. The van der Waals surface area contributed by atoms with E-state index in [0.717, 1.165) is 29.4 Å². The number of ether oxygens (including phenoxy) is 2. The van der Waals surface area contributed by atoms with Crippen LogP contribution in [0.2, 0.25) is 0 Å². The molecule has 0 unspecified atom stereocenters. The summed E-state index contributed by atoms with van der Waals surface area (Å²) in [5.41, 5.74) is 3.00. The first-order valence-corrected chi connectivity index (χ1v) is 8.93. The Kier molecular flexibility index (Phi) is 5.39. The molecule has 0 radical (unpaired) electrons. The van der Waals surface area contributed by atoms with Gasteiger partial charge in [0.25, 0.3) is 0 Å². The number of benzene rings is 1. The van der Waals surface area contributed by atoms with E-state index in [2.05, 4.69) is 13.8 Å². The Morgan fingerprint density at radius 3 is 2.42 bits per heavy atom. The summed E-state index contributed by atoms with van der Waals surface area (Å²) in [5.74, 6) is -0.450. The molecule has 1 saturated heterocycles. The SMILES string of the molecule is COC(=O)c1ccc(COC(C)=O)c(B2OCC(C)(C)CO2)c1C1CC1. The highest BCUT2D eigenvalue weighted by molar-refractivity contribution is 6.62. The molecule has 0 bridgehead atoms. The number of methoxy groups -OCH3 is 1. The largest absolute Gasteiger partial charge is 0.494 e. The lowest BCUT2D eigenvalue weighted by molar-refractivity contribution is -0.142. The van der Waals surface area contributed by atoms with Crippen LogP contribution in [-0.4, -0.2) is 39.4 Å². The van der Waals surface area contributed by atoms with E-state index in [4.69, 9.17) is 18.8 Å². The summed E-state index contributed by atoms with van der Waals surface area (Å²) in [6.07, 6.45) is 2.01. The molecule has 0 N–H and O–H groups in total. The Morgan fingerprint density at radius 2 is 1.88 bits per heavy atom. The van der Waals surface area contributed by atoms with Crippen molar-refractivity contribution >= 4 is 24.5 Å². The molecule has 140 valence electrons. The highest BCUT2D eigenvalue weighted by Gasteiger charge is 2.41. The molecule has 0 spiro atoms. The van der Waals surface area contributed by atoms with Crippen molar-refractivity contribution in [1.29, 1.82) is 0 Å². The molecule has 1 aliphatic carbocycles. The lowest BCUT2D eigenvalue weighted by Crippen LogP contribution is -2.50. The third kappa shape index (κ3) is 4.10. The summed E-state index contributed by atoms with van der Waals surface area (Å²) in [7, 11) is 0.801. The maximum Gasteiger partial charge on any atom is 0.494 e. The fraction of sp³-hybridized carbons (Fsp3) is 0.579. The number of carbonyl (C=O) groups is 2. The highest BCUT2D eigenvalue weighted by Crippen LogP contribution is 2.42. The Labute approximate surface area is 154 Å². The van der Waals surface area contributed by atoms with Gasteiger partial charge in [-0.3, -0.25) is 4.79 Å². The molecule has 6 nitrogen and oxygen atoms in total. The number of rotatable bonds is 5. The molecular formula is C19H25BO6. The predicted octanol–water partition coefficient (Wildman–Crippen LogP) is 2.18. The first-order valence-electron chi connectivity index (χ1n) is 8.93. The summed E-state index contributed by atoms with van der Waals surface area (Å²) in [6, 6.07) is 3.54. The lowest BCUT2D eigenvalue weighted by atomic mass is 9.69. The van der Waals surface area contributed by atoms with Gasteiger partial charge in [-0.1, -0.05) is 19.9 Å². The van der Waals surface area contributed by atoms with Gasteiger partial charge in [0.15, 0.2) is 0 Å². The van der Waals surface area contributed by atoms with Crippen LogP contribution in [0, 0.1) is 5.41 Å². The Hall–Kier alpha value is -1.86. The molecule has 0 atom stereocenters. The monoisotopic (exact) mass is 360 g/mol. The van der Waals surface area contributed by atoms with Gasteiger partial charge in [0.05, 0.1) is 12.7 Å². The zero-order valence-corrected chi connectivity index (χ0v) is 15.8. The molecule has 7 heteroatoms. The molecule has 1 aromatic carbocycles. The average Bonchev–Trinajstić information content (AvgIpc) is 3.43. The van der Waals surface area contributed by atoms with Crippen molar-refractivity contribution in [2.45, 2.75) is 46.1 Å². The predicted molar refractivity (Wildman–Crippen MR) is 96.3 cm³/mol. The van der Waals surface area contributed by atoms with E-state index in [9.17, 15) is 9.59 Å². The van der Waals surface area contributed by atoms with Crippen LogP contribution in [0.3, 0.4) is 0 Å². The van der Waals surface area contributed by atoms with E-state index < -0.39 is 7.12 Å². The van der Waals surface area contributed by atoms with Gasteiger partial charge in [0.1, 0.15) is 6.61 Å². The number of carbonyl (C=O) groups excluding carboxylic acids is 2. The zero-order chi connectivity index (χ0) is 18.9. The maximum atomic E-state index is 12.3. The van der Waals surface area contributed by atoms with Crippen LogP contribution in [0.5, 0.6) is 0 Å². The molecule has 1 aliphatic heterocycles. The molecule has 2 fully saturated rings. The summed E-state index contributed by atoms with van der Waals surface area (Å²) in [4.78, 5) is 23.6. The van der Waals surface area contributed by atoms with Crippen LogP contribution < -0.4 is 5.46 Å². The fourth-order valence-corrected chi connectivity index (χ4v) is 3.22. The second-order valence-electron chi connectivity index (χ2n) is 7.76. The number of hydrogen-bond donors (Lipinski definition) is 0. The molecule has 26 heavy (non-hydrogen) atoms. The minimum atomic E-state index is -0.575. The minimum absolute atomic E-state index is 0.0632. The smallest absolute Gasteiger partial charge is 0.465 e. The van der Waals surface area contributed by atoms with Crippen molar-refractivity contribution in [1.82, 2.24) is 0 Å². The molecule has 3 rings (SSSR count). The number of esters is 2. The molecule has 0 aromatic heterocycles. The topological polar surface area (TPSA) is 71.1 Å². The summed E-state index contributed by atoms with van der Waals surface area (Å²) >= 11 is 0. The van der Waals surface area contributed by atoms with Crippen LogP contribution in [0.25, 0.3) is 0 Å². The van der Waals surface area contributed by atoms with Gasteiger partial charge in [-0.15, -0.1) is 0 Å². The van der Waals surface area contributed by atoms with Crippen LogP contribution in [0.4, 0.5) is 0 Å². The van der Waals surface area contributed by atoms with Crippen LogP contribution in [0.15, 0.2) is 12.1 Å². The summed E-state index contributed by atoms with van der Waals surface area (Å²) < 4.78 is 22.2. The third-order valence-electron chi connectivity index (χ3n) is 4.69. The zero-order valence-electron chi connectivity index (χ0n) is 15.8. The maximum absolute atomic E-state index is 12.3. The van der Waals surface area contributed by atoms with E-state index in [1.807, 2.05) is 0 Å². The molecule has 2 aliphatic rings. The normalized spacial score (nSPS) is 19.2. The Morgan fingerprint density at radius 1 is 1.23 bits per heavy atom. The van der Waals surface area contributed by atoms with Crippen molar-refractivity contribution in [2.24, 2.45) is 5.41 Å². The van der Waals surface area contributed by atoms with Crippen LogP contribution in [-0.2, 0) is 30.2 Å². The van der Waals surface area contributed by atoms with Crippen molar-refractivity contribution < 1.29 is 28.4 Å². The molecule has 1 aromatic rings. The van der Waals surface area contributed by atoms with E-state index in [1.54, 1.807) is 12.1 Å². The second kappa shape index (κ2) is 7.41. The molecular weight excluding hydrogens is 335 g/mol.